The van der Waals surface area contributed by atoms with E-state index in [1.165, 1.54) is 0 Å². The van der Waals surface area contributed by atoms with Gasteiger partial charge in [0.05, 0.1) is 23.5 Å². The van der Waals surface area contributed by atoms with Gasteiger partial charge in [0.15, 0.2) is 5.69 Å². The Hall–Kier alpha value is -2.84. The van der Waals surface area contributed by atoms with Gasteiger partial charge in [0.2, 0.25) is 0 Å². The fourth-order valence-corrected chi connectivity index (χ4v) is 3.49. The number of benzene rings is 1. The van der Waals surface area contributed by atoms with Crippen molar-refractivity contribution in [1.82, 2.24) is 14.8 Å². The minimum atomic E-state index is 0.592. The Bertz CT molecular complexity index is 1060. The summed E-state index contributed by atoms with van der Waals surface area (Å²) in [5.74, 6) is 0. The first-order valence-corrected chi connectivity index (χ1v) is 7.92. The molecule has 0 saturated carbocycles. The summed E-state index contributed by atoms with van der Waals surface area (Å²) in [6.07, 6.45) is 4.55. The highest BCUT2D eigenvalue weighted by atomic mass is 35.5. The SMILES string of the molecule is [C-]#[N+]c1ccc2c(c1)c(-c1cnc3c(c1NC)C(Cl)=CC3)nn2C. The molecule has 0 spiro atoms. The van der Waals surface area contributed by atoms with E-state index >= 15 is 0 Å². The van der Waals surface area contributed by atoms with E-state index < -0.39 is 0 Å². The molecule has 0 bridgehead atoms. The van der Waals surface area contributed by atoms with E-state index in [1.54, 1.807) is 6.07 Å². The molecule has 0 atom stereocenters. The van der Waals surface area contributed by atoms with Crippen molar-refractivity contribution >= 4 is 38.9 Å². The quantitative estimate of drug-likeness (QED) is 0.708. The number of aryl methyl sites for hydroxylation is 1. The van der Waals surface area contributed by atoms with E-state index in [2.05, 4.69) is 20.2 Å². The first-order valence-electron chi connectivity index (χ1n) is 7.54. The number of allylic oxidation sites excluding steroid dienone is 1. The molecule has 0 saturated heterocycles. The van der Waals surface area contributed by atoms with Crippen LogP contribution < -0.4 is 5.32 Å². The van der Waals surface area contributed by atoms with Crippen molar-refractivity contribution in [3.05, 3.63) is 53.1 Å². The third kappa shape index (κ3) is 2.00. The molecule has 118 valence electrons. The third-order valence-electron chi connectivity index (χ3n) is 4.34. The number of anilines is 1. The average molecular weight is 336 g/mol. The lowest BCUT2D eigenvalue weighted by molar-refractivity contribution is 0.800. The van der Waals surface area contributed by atoms with Gasteiger partial charge in [0.1, 0.15) is 5.69 Å². The summed E-state index contributed by atoms with van der Waals surface area (Å²) in [6.45, 7) is 7.25. The predicted octanol–water partition coefficient (Wildman–Crippen LogP) is 4.36. The number of aromatic nitrogens is 3. The molecule has 24 heavy (non-hydrogen) atoms. The molecule has 0 aliphatic heterocycles. The second kappa shape index (κ2) is 5.36. The van der Waals surface area contributed by atoms with E-state index in [-0.39, 0.29) is 0 Å². The largest absolute Gasteiger partial charge is 0.387 e. The Morgan fingerprint density at radius 3 is 2.96 bits per heavy atom. The van der Waals surface area contributed by atoms with Gasteiger partial charge >= 0.3 is 0 Å². The van der Waals surface area contributed by atoms with Crippen molar-refractivity contribution in [3.63, 3.8) is 0 Å². The van der Waals surface area contributed by atoms with E-state index in [1.807, 2.05) is 43.2 Å². The van der Waals surface area contributed by atoms with Crippen molar-refractivity contribution in [2.24, 2.45) is 7.05 Å². The number of halogens is 1. The highest BCUT2D eigenvalue weighted by molar-refractivity contribution is 6.50. The van der Waals surface area contributed by atoms with Crippen LogP contribution in [0, 0.1) is 6.57 Å². The summed E-state index contributed by atoms with van der Waals surface area (Å²) in [6, 6.07) is 5.60. The summed E-state index contributed by atoms with van der Waals surface area (Å²) >= 11 is 6.37. The van der Waals surface area contributed by atoms with Gasteiger partial charge < -0.3 is 5.32 Å². The number of hydrogen-bond acceptors (Lipinski definition) is 3. The molecule has 0 amide bonds. The number of nitrogens with one attached hydrogen (secondary N) is 1. The van der Waals surface area contributed by atoms with Gasteiger partial charge in [-0.3, -0.25) is 9.67 Å². The normalized spacial score (nSPS) is 12.8. The first kappa shape index (κ1) is 14.7. The van der Waals surface area contributed by atoms with Crippen molar-refractivity contribution in [2.75, 3.05) is 12.4 Å². The maximum absolute atomic E-state index is 7.25. The van der Waals surface area contributed by atoms with Gasteiger partial charge in [-0.15, -0.1) is 0 Å². The van der Waals surface area contributed by atoms with Crippen molar-refractivity contribution < 1.29 is 0 Å². The number of fused-ring (bicyclic) bond motifs is 2. The lowest BCUT2D eigenvalue weighted by atomic mass is 10.0. The molecular formula is C18H14ClN5. The van der Waals surface area contributed by atoms with Gasteiger partial charge in [0.25, 0.3) is 0 Å². The van der Waals surface area contributed by atoms with Crippen molar-refractivity contribution in [1.29, 1.82) is 0 Å². The van der Waals surface area contributed by atoms with Crippen LogP contribution in [0.4, 0.5) is 11.4 Å². The average Bonchev–Trinajstić information content (AvgIpc) is 3.14. The maximum Gasteiger partial charge on any atom is 0.188 e. The zero-order valence-corrected chi connectivity index (χ0v) is 14.0. The van der Waals surface area contributed by atoms with Crippen LogP contribution in [0.15, 0.2) is 30.5 Å². The van der Waals surface area contributed by atoms with Crippen LogP contribution in [0.5, 0.6) is 0 Å². The first-order chi connectivity index (χ1) is 11.6. The van der Waals surface area contributed by atoms with Gasteiger partial charge in [0, 0.05) is 48.3 Å². The van der Waals surface area contributed by atoms with Crippen LogP contribution in [0.25, 0.3) is 32.0 Å². The maximum atomic E-state index is 7.25. The molecule has 1 aliphatic carbocycles. The molecule has 1 aliphatic rings. The van der Waals surface area contributed by atoms with Crippen molar-refractivity contribution in [2.45, 2.75) is 6.42 Å². The van der Waals surface area contributed by atoms with Crippen LogP contribution in [-0.2, 0) is 13.5 Å². The molecule has 4 rings (SSSR count). The topological polar surface area (TPSA) is 47.1 Å². The second-order valence-corrected chi connectivity index (χ2v) is 6.07. The Balaban J connectivity index is 2.04. The summed E-state index contributed by atoms with van der Waals surface area (Å²) in [5, 5.41) is 9.56. The van der Waals surface area contributed by atoms with Gasteiger partial charge in [-0.05, 0) is 12.1 Å². The lowest BCUT2D eigenvalue weighted by Gasteiger charge is -2.13. The van der Waals surface area contributed by atoms with Crippen LogP contribution >= 0.6 is 11.6 Å². The summed E-state index contributed by atoms with van der Waals surface area (Å²) in [7, 11) is 3.77. The number of nitrogens with zero attached hydrogens (tertiary/aromatic N) is 4. The van der Waals surface area contributed by atoms with E-state index in [0.29, 0.717) is 10.7 Å². The number of pyridine rings is 1. The zero-order chi connectivity index (χ0) is 16.8. The highest BCUT2D eigenvalue weighted by Gasteiger charge is 2.23. The summed E-state index contributed by atoms with van der Waals surface area (Å²) in [4.78, 5) is 8.10. The molecule has 6 heteroatoms. The molecular weight excluding hydrogens is 322 g/mol. The molecule has 5 nitrogen and oxygen atoms in total. The summed E-state index contributed by atoms with van der Waals surface area (Å²) < 4.78 is 1.82. The predicted molar refractivity (Wildman–Crippen MR) is 97.3 cm³/mol. The second-order valence-electron chi connectivity index (χ2n) is 5.66. The van der Waals surface area contributed by atoms with Gasteiger partial charge in [-0.25, -0.2) is 4.85 Å². The van der Waals surface area contributed by atoms with Crippen molar-refractivity contribution in [3.8, 4) is 11.3 Å². The molecule has 1 N–H and O–H groups in total. The van der Waals surface area contributed by atoms with E-state index in [0.717, 1.165) is 45.5 Å². The van der Waals surface area contributed by atoms with Crippen LogP contribution in [-0.4, -0.2) is 21.8 Å². The zero-order valence-electron chi connectivity index (χ0n) is 13.3. The molecule has 0 unspecified atom stereocenters. The Morgan fingerprint density at radius 1 is 1.38 bits per heavy atom. The highest BCUT2D eigenvalue weighted by Crippen LogP contribution is 2.42. The number of rotatable bonds is 2. The van der Waals surface area contributed by atoms with E-state index in [4.69, 9.17) is 18.2 Å². The van der Waals surface area contributed by atoms with E-state index in [9.17, 15) is 0 Å². The molecule has 3 aromatic rings. The third-order valence-corrected chi connectivity index (χ3v) is 4.68. The van der Waals surface area contributed by atoms with Crippen LogP contribution in [0.1, 0.15) is 11.3 Å². The minimum absolute atomic E-state index is 0.592. The molecule has 1 aromatic carbocycles. The van der Waals surface area contributed by atoms with Gasteiger partial charge in [-0.2, -0.15) is 5.10 Å². The molecule has 0 fully saturated rings. The fourth-order valence-electron chi connectivity index (χ4n) is 3.21. The minimum Gasteiger partial charge on any atom is -0.387 e. The summed E-state index contributed by atoms with van der Waals surface area (Å²) in [5.41, 5.74) is 6.08. The smallest absolute Gasteiger partial charge is 0.188 e. The fraction of sp³-hybridized carbons (Fsp3) is 0.167. The molecule has 2 heterocycles. The van der Waals surface area contributed by atoms with Crippen LogP contribution in [0.3, 0.4) is 0 Å². The molecule has 0 radical (unpaired) electrons. The Kier molecular flexibility index (Phi) is 3.29. The Morgan fingerprint density at radius 2 is 2.21 bits per heavy atom. The van der Waals surface area contributed by atoms with Gasteiger partial charge in [-0.1, -0.05) is 23.7 Å². The van der Waals surface area contributed by atoms with Crippen LogP contribution in [0.2, 0.25) is 0 Å². The Labute approximate surface area is 144 Å². The lowest BCUT2D eigenvalue weighted by Crippen LogP contribution is -2.01. The number of hydrogen-bond donors (Lipinski definition) is 1. The monoisotopic (exact) mass is 335 g/mol. The standard InChI is InChI=1S/C18H14ClN5/c1-20-10-4-7-15-11(8-10)17(23-24(15)3)12-9-22-14-6-5-13(19)16(14)18(12)21-2/h4-5,7-9H,6H2,2-3H3,(H,21,22). The molecule has 2 aromatic heterocycles.